The Hall–Kier alpha value is -2.60. The number of aliphatic imine (C=N–C) groups is 1. The summed E-state index contributed by atoms with van der Waals surface area (Å²) in [6.07, 6.45) is 6.02. The van der Waals surface area contributed by atoms with Gasteiger partial charge in [-0.25, -0.2) is 4.39 Å². The molecule has 0 radical (unpaired) electrons. The zero-order chi connectivity index (χ0) is 20.9. The first-order valence-corrected chi connectivity index (χ1v) is 9.94. The van der Waals surface area contributed by atoms with Gasteiger partial charge in [0.15, 0.2) is 0 Å². The molecular formula is C22H24ClFN4O. The van der Waals surface area contributed by atoms with Crippen molar-refractivity contribution in [3.63, 3.8) is 0 Å². The molecule has 3 heterocycles. The lowest BCUT2D eigenvalue weighted by Crippen LogP contribution is -2.27. The van der Waals surface area contributed by atoms with Crippen LogP contribution >= 0.6 is 11.6 Å². The topological polar surface area (TPSA) is 51.4 Å². The van der Waals surface area contributed by atoms with Crippen molar-refractivity contribution in [1.29, 1.82) is 0 Å². The minimum Gasteiger partial charge on any atom is -0.496 e. The molecule has 1 aromatic heterocycles. The molecule has 3 unspecified atom stereocenters. The van der Waals surface area contributed by atoms with Crippen molar-refractivity contribution in [2.45, 2.75) is 32.9 Å². The second kappa shape index (κ2) is 7.34. The number of aromatic nitrogens is 2. The first kappa shape index (κ1) is 19.7. The first-order chi connectivity index (χ1) is 13.8. The highest BCUT2D eigenvalue weighted by Crippen LogP contribution is 2.44. The monoisotopic (exact) mass is 414 g/mol. The zero-order valence-electron chi connectivity index (χ0n) is 17.1. The molecule has 0 spiro atoms. The number of allylic oxidation sites excluding steroid dienone is 1. The average Bonchev–Trinajstić information content (AvgIpc) is 3.23. The third-order valence-corrected chi connectivity index (χ3v) is 6.31. The maximum Gasteiger partial charge on any atom is 0.142 e. The molecule has 3 atom stereocenters. The van der Waals surface area contributed by atoms with Crippen LogP contribution < -0.4 is 10.1 Å². The molecule has 152 valence electrons. The van der Waals surface area contributed by atoms with Crippen molar-refractivity contribution in [2.75, 3.05) is 7.11 Å². The Bertz CT molecular complexity index is 1070. The van der Waals surface area contributed by atoms with Crippen LogP contribution in [0.4, 0.5) is 4.39 Å². The number of aryl methyl sites for hydroxylation is 2. The molecule has 4 rings (SSSR count). The second-order valence-corrected chi connectivity index (χ2v) is 7.93. The fraction of sp³-hybridized carbons (Fsp3) is 0.364. The summed E-state index contributed by atoms with van der Waals surface area (Å²) in [7, 11) is 3.51. The Balaban J connectivity index is 1.74. The Kier molecular flexibility index (Phi) is 4.99. The molecule has 0 saturated heterocycles. The molecule has 0 amide bonds. The molecule has 0 bridgehead atoms. The summed E-state index contributed by atoms with van der Waals surface area (Å²) in [6.45, 7) is 6.08. The van der Waals surface area contributed by atoms with Gasteiger partial charge in [0.25, 0.3) is 0 Å². The van der Waals surface area contributed by atoms with E-state index in [2.05, 4.69) is 23.4 Å². The molecule has 7 heteroatoms. The van der Waals surface area contributed by atoms with Gasteiger partial charge in [-0.2, -0.15) is 5.10 Å². The number of hydrogen-bond donors (Lipinski definition) is 1. The average molecular weight is 415 g/mol. The highest BCUT2D eigenvalue weighted by atomic mass is 35.5. The van der Waals surface area contributed by atoms with Crippen molar-refractivity contribution in [2.24, 2.45) is 18.0 Å². The molecule has 29 heavy (non-hydrogen) atoms. The number of rotatable bonds is 4. The molecular weight excluding hydrogens is 391 g/mol. The van der Waals surface area contributed by atoms with E-state index in [-0.39, 0.29) is 23.0 Å². The molecule has 2 aliphatic heterocycles. The molecule has 0 aliphatic carbocycles. The van der Waals surface area contributed by atoms with E-state index in [1.54, 1.807) is 13.2 Å². The fourth-order valence-electron chi connectivity index (χ4n) is 4.33. The quantitative estimate of drug-likeness (QED) is 0.799. The van der Waals surface area contributed by atoms with Crippen LogP contribution in [0.3, 0.4) is 0 Å². The number of hydrogen-bond acceptors (Lipinski definition) is 4. The minimum atomic E-state index is -0.447. The van der Waals surface area contributed by atoms with E-state index in [9.17, 15) is 4.39 Å². The van der Waals surface area contributed by atoms with Crippen LogP contribution in [0.1, 0.15) is 35.4 Å². The Morgan fingerprint density at radius 3 is 2.72 bits per heavy atom. The van der Waals surface area contributed by atoms with Crippen LogP contribution in [0.2, 0.25) is 5.02 Å². The summed E-state index contributed by atoms with van der Waals surface area (Å²) in [4.78, 5) is 4.72. The normalized spacial score (nSPS) is 21.3. The lowest BCUT2D eigenvalue weighted by Gasteiger charge is -2.26. The van der Waals surface area contributed by atoms with Gasteiger partial charge in [-0.05, 0) is 37.8 Å². The van der Waals surface area contributed by atoms with Crippen molar-refractivity contribution in [3.05, 3.63) is 63.3 Å². The lowest BCUT2D eigenvalue weighted by molar-refractivity contribution is 0.405. The predicted octanol–water partition coefficient (Wildman–Crippen LogP) is 4.54. The van der Waals surface area contributed by atoms with Gasteiger partial charge in [0.1, 0.15) is 17.7 Å². The second-order valence-electron chi connectivity index (χ2n) is 7.55. The molecule has 0 fully saturated rings. The number of fused-ring (bicyclic) bond motifs is 1. The number of nitrogens with one attached hydrogen (secondary N) is 1. The van der Waals surface area contributed by atoms with Gasteiger partial charge >= 0.3 is 0 Å². The van der Waals surface area contributed by atoms with Crippen LogP contribution in [-0.4, -0.2) is 29.3 Å². The van der Waals surface area contributed by atoms with Gasteiger partial charge in [-0.3, -0.25) is 9.67 Å². The van der Waals surface area contributed by atoms with Crippen molar-refractivity contribution in [1.82, 2.24) is 15.1 Å². The smallest absolute Gasteiger partial charge is 0.142 e. The van der Waals surface area contributed by atoms with E-state index in [1.807, 2.05) is 38.0 Å². The highest BCUT2D eigenvalue weighted by molar-refractivity contribution is 6.31. The van der Waals surface area contributed by atoms with E-state index >= 15 is 0 Å². The maximum atomic E-state index is 14.2. The Morgan fingerprint density at radius 2 is 2.07 bits per heavy atom. The van der Waals surface area contributed by atoms with Gasteiger partial charge in [0, 0.05) is 47.5 Å². The van der Waals surface area contributed by atoms with Gasteiger partial charge < -0.3 is 10.1 Å². The van der Waals surface area contributed by atoms with Gasteiger partial charge in [0.05, 0.1) is 17.8 Å². The van der Waals surface area contributed by atoms with E-state index in [0.29, 0.717) is 11.3 Å². The number of dihydropyridines is 1. The number of ether oxygens (including phenoxy) is 1. The molecule has 0 saturated carbocycles. The van der Waals surface area contributed by atoms with Crippen molar-refractivity contribution < 1.29 is 9.13 Å². The largest absolute Gasteiger partial charge is 0.496 e. The van der Waals surface area contributed by atoms with Crippen LogP contribution in [-0.2, 0) is 7.05 Å². The summed E-state index contributed by atoms with van der Waals surface area (Å²) in [6, 6.07) is 2.95. The van der Waals surface area contributed by atoms with Gasteiger partial charge in [-0.15, -0.1) is 0 Å². The number of benzene rings is 1. The van der Waals surface area contributed by atoms with Gasteiger partial charge in [-0.1, -0.05) is 24.6 Å². The van der Waals surface area contributed by atoms with E-state index < -0.39 is 5.82 Å². The molecule has 1 N–H and O–H groups in total. The predicted molar refractivity (Wildman–Crippen MR) is 114 cm³/mol. The number of halogens is 2. The molecule has 5 nitrogen and oxygen atoms in total. The first-order valence-electron chi connectivity index (χ1n) is 9.57. The minimum absolute atomic E-state index is 0.0352. The van der Waals surface area contributed by atoms with E-state index in [1.165, 1.54) is 6.07 Å². The van der Waals surface area contributed by atoms with Crippen LogP contribution in [0, 0.1) is 25.6 Å². The highest BCUT2D eigenvalue weighted by Gasteiger charge is 2.35. The maximum absolute atomic E-state index is 14.2. The molecule has 2 aromatic rings. The summed E-state index contributed by atoms with van der Waals surface area (Å²) >= 11 is 6.34. The summed E-state index contributed by atoms with van der Waals surface area (Å²) in [5, 5.41) is 7.96. The SMILES string of the molecule is COc1ccc(F)c(Cl)c1C(C)C1=CNC2N=CC(c3c(C)nn(C)c3C)=CC12. The zero-order valence-corrected chi connectivity index (χ0v) is 17.9. The molecule has 2 aliphatic rings. The fourth-order valence-corrected chi connectivity index (χ4v) is 4.65. The van der Waals surface area contributed by atoms with E-state index in [0.717, 1.165) is 28.1 Å². The summed E-state index contributed by atoms with van der Waals surface area (Å²) in [5.41, 5.74) is 5.97. The van der Waals surface area contributed by atoms with Gasteiger partial charge in [0.2, 0.25) is 0 Å². The summed E-state index contributed by atoms with van der Waals surface area (Å²) in [5.74, 6) is 0.0261. The molecule has 1 aromatic carbocycles. The van der Waals surface area contributed by atoms with E-state index in [4.69, 9.17) is 21.3 Å². The van der Waals surface area contributed by atoms with Crippen LogP contribution in [0.5, 0.6) is 5.75 Å². The Morgan fingerprint density at radius 1 is 1.31 bits per heavy atom. The Labute approximate surface area is 174 Å². The van der Waals surface area contributed by atoms with Crippen molar-refractivity contribution in [3.8, 4) is 5.75 Å². The third-order valence-electron chi connectivity index (χ3n) is 5.92. The lowest BCUT2D eigenvalue weighted by atomic mass is 9.82. The van der Waals surface area contributed by atoms with Crippen molar-refractivity contribution >= 4 is 23.4 Å². The number of nitrogens with zero attached hydrogens (tertiary/aromatic N) is 3. The standard InChI is InChI=1S/C22H24ClFN4O/c1-11(19-18(29-5)7-6-17(24)21(19)23)16-10-26-22-15(16)8-14(9-25-22)20-12(2)27-28(4)13(20)3/h6-11,15,22,26H,1-5H3. The number of methoxy groups -OCH3 is 1. The van der Waals surface area contributed by atoms with Crippen LogP contribution in [0.25, 0.3) is 5.57 Å². The third kappa shape index (κ3) is 3.15. The van der Waals surface area contributed by atoms with Crippen LogP contribution in [0.15, 0.2) is 35.0 Å². The summed E-state index contributed by atoms with van der Waals surface area (Å²) < 4.78 is 21.5.